The van der Waals surface area contributed by atoms with Gasteiger partial charge in [-0.3, -0.25) is 14.0 Å². The van der Waals surface area contributed by atoms with Crippen molar-refractivity contribution in [3.8, 4) is 22.7 Å². The predicted molar refractivity (Wildman–Crippen MR) is 141 cm³/mol. The van der Waals surface area contributed by atoms with Gasteiger partial charge in [0.05, 0.1) is 16.9 Å². The van der Waals surface area contributed by atoms with Crippen LogP contribution in [0.1, 0.15) is 38.1 Å². The van der Waals surface area contributed by atoms with E-state index >= 15 is 0 Å². The van der Waals surface area contributed by atoms with E-state index in [0.717, 1.165) is 24.2 Å². The van der Waals surface area contributed by atoms with E-state index in [2.05, 4.69) is 10.1 Å². The third kappa shape index (κ3) is 5.14. The fourth-order valence-corrected chi connectivity index (χ4v) is 4.43. The maximum absolute atomic E-state index is 13.6. The Balaban J connectivity index is 1.69. The number of halogens is 1. The summed E-state index contributed by atoms with van der Waals surface area (Å²) in [5.74, 6) is 0.296. The highest BCUT2D eigenvalue weighted by Gasteiger charge is 2.19. The van der Waals surface area contributed by atoms with Crippen molar-refractivity contribution in [1.82, 2.24) is 24.1 Å². The van der Waals surface area contributed by atoms with Gasteiger partial charge in [-0.2, -0.15) is 5.10 Å². The molecule has 0 bridgehead atoms. The van der Waals surface area contributed by atoms with Crippen molar-refractivity contribution in [2.75, 3.05) is 19.7 Å². The number of aryl methyl sites for hydroxylation is 2. The highest BCUT2D eigenvalue weighted by molar-refractivity contribution is 6.30. The summed E-state index contributed by atoms with van der Waals surface area (Å²) in [6.45, 7) is 9.04. The molecule has 0 radical (unpaired) electrons. The Hall–Kier alpha value is -3.65. The van der Waals surface area contributed by atoms with Crippen LogP contribution in [0.15, 0.2) is 53.5 Å². The number of carbonyl (C=O) groups is 1. The summed E-state index contributed by atoms with van der Waals surface area (Å²) in [7, 11) is 0. The Morgan fingerprint density at radius 2 is 1.83 bits per heavy atom. The molecule has 0 saturated heterocycles. The van der Waals surface area contributed by atoms with Gasteiger partial charge in [0, 0.05) is 30.0 Å². The van der Waals surface area contributed by atoms with Crippen LogP contribution in [-0.2, 0) is 4.79 Å². The van der Waals surface area contributed by atoms with Gasteiger partial charge in [0.1, 0.15) is 5.69 Å². The molecule has 0 spiro atoms. The zero-order chi connectivity index (χ0) is 25.8. The van der Waals surface area contributed by atoms with Crippen LogP contribution in [0.3, 0.4) is 0 Å². The molecule has 4 rings (SSSR count). The second-order valence-electron chi connectivity index (χ2n) is 8.68. The number of rotatable bonds is 9. The van der Waals surface area contributed by atoms with Gasteiger partial charge >= 0.3 is 0 Å². The van der Waals surface area contributed by atoms with Crippen LogP contribution >= 0.6 is 11.6 Å². The van der Waals surface area contributed by atoms with Crippen LogP contribution < -0.4 is 10.3 Å². The number of hydrogen-bond donors (Lipinski definition) is 0. The number of fused-ring (bicyclic) bond motifs is 1. The van der Waals surface area contributed by atoms with E-state index < -0.39 is 0 Å². The average molecular weight is 508 g/mol. The molecule has 3 aromatic heterocycles. The molecule has 0 aliphatic heterocycles. The molecule has 3 heterocycles. The molecule has 0 unspecified atom stereocenters. The summed E-state index contributed by atoms with van der Waals surface area (Å²) in [5, 5.41) is 5.28. The van der Waals surface area contributed by atoms with Crippen molar-refractivity contribution >= 4 is 23.2 Å². The van der Waals surface area contributed by atoms with E-state index in [0.29, 0.717) is 46.5 Å². The van der Waals surface area contributed by atoms with E-state index in [-0.39, 0.29) is 18.1 Å². The zero-order valence-corrected chi connectivity index (χ0v) is 21.7. The number of amides is 1. The standard InChI is InChI=1S/C27H30ClN5O3/c1-5-12-31(13-6-2)24(34)17-36-23-11-8-14-32-26(23)29-19(4)25(27(32)35)22-15-18(3)33(30-22)21-10-7-9-20(28)16-21/h7-11,14-16H,5-6,12-13,17H2,1-4H3. The third-order valence-corrected chi connectivity index (χ3v) is 6.12. The van der Waals surface area contributed by atoms with Gasteiger partial charge in [0.25, 0.3) is 11.5 Å². The van der Waals surface area contributed by atoms with E-state index in [1.165, 1.54) is 4.40 Å². The summed E-state index contributed by atoms with van der Waals surface area (Å²) in [5.41, 5.74) is 3.21. The number of carbonyl (C=O) groups excluding carboxylic acids is 1. The third-order valence-electron chi connectivity index (χ3n) is 5.89. The Morgan fingerprint density at radius 1 is 1.08 bits per heavy atom. The van der Waals surface area contributed by atoms with Crippen molar-refractivity contribution in [1.29, 1.82) is 0 Å². The highest BCUT2D eigenvalue weighted by atomic mass is 35.5. The largest absolute Gasteiger partial charge is 0.480 e. The number of benzene rings is 1. The average Bonchev–Trinajstić information content (AvgIpc) is 3.23. The summed E-state index contributed by atoms with van der Waals surface area (Å²) in [6.07, 6.45) is 3.40. The SMILES string of the molecule is CCCN(CCC)C(=O)COc1cccn2c(=O)c(-c3cc(C)n(-c4cccc(Cl)c4)n3)c(C)nc12. The maximum atomic E-state index is 13.6. The molecule has 8 nitrogen and oxygen atoms in total. The maximum Gasteiger partial charge on any atom is 0.267 e. The van der Waals surface area contributed by atoms with E-state index in [1.54, 1.807) is 40.9 Å². The van der Waals surface area contributed by atoms with Crippen molar-refractivity contribution in [3.63, 3.8) is 0 Å². The van der Waals surface area contributed by atoms with E-state index in [1.807, 2.05) is 45.0 Å². The first-order chi connectivity index (χ1) is 17.3. The molecule has 36 heavy (non-hydrogen) atoms. The molecule has 9 heteroatoms. The number of nitrogens with zero attached hydrogens (tertiary/aromatic N) is 5. The summed E-state index contributed by atoms with van der Waals surface area (Å²) in [6, 6.07) is 12.7. The Bertz CT molecular complexity index is 1450. The summed E-state index contributed by atoms with van der Waals surface area (Å²) >= 11 is 6.16. The molecule has 1 amide bonds. The minimum Gasteiger partial charge on any atom is -0.480 e. The molecule has 188 valence electrons. The minimum absolute atomic E-state index is 0.0848. The Labute approximate surface area is 215 Å². The first-order valence-corrected chi connectivity index (χ1v) is 12.5. The lowest BCUT2D eigenvalue weighted by molar-refractivity contribution is -0.133. The normalized spacial score (nSPS) is 11.1. The Morgan fingerprint density at radius 3 is 2.53 bits per heavy atom. The van der Waals surface area contributed by atoms with Crippen LogP contribution in [0.5, 0.6) is 5.75 Å². The number of hydrogen-bond acceptors (Lipinski definition) is 5. The van der Waals surface area contributed by atoms with Crippen LogP contribution in [0.4, 0.5) is 0 Å². The molecule has 0 aliphatic rings. The second-order valence-corrected chi connectivity index (χ2v) is 9.11. The van der Waals surface area contributed by atoms with Gasteiger partial charge in [0.2, 0.25) is 0 Å². The molecule has 0 saturated carbocycles. The van der Waals surface area contributed by atoms with Crippen LogP contribution in [0, 0.1) is 13.8 Å². The van der Waals surface area contributed by atoms with Crippen LogP contribution in [0.25, 0.3) is 22.6 Å². The lowest BCUT2D eigenvalue weighted by atomic mass is 10.1. The van der Waals surface area contributed by atoms with Crippen molar-refractivity contribution in [2.45, 2.75) is 40.5 Å². The second kappa shape index (κ2) is 11.0. The van der Waals surface area contributed by atoms with Crippen LogP contribution in [-0.4, -0.2) is 49.7 Å². The monoisotopic (exact) mass is 507 g/mol. The molecule has 4 aromatic rings. The number of ether oxygens (including phenoxy) is 1. The van der Waals surface area contributed by atoms with Gasteiger partial charge in [-0.15, -0.1) is 0 Å². The fourth-order valence-electron chi connectivity index (χ4n) is 4.25. The van der Waals surface area contributed by atoms with Crippen LogP contribution in [0.2, 0.25) is 5.02 Å². The van der Waals surface area contributed by atoms with Gasteiger partial charge < -0.3 is 9.64 Å². The lowest BCUT2D eigenvalue weighted by Crippen LogP contribution is -2.36. The molecule has 0 fully saturated rings. The number of aromatic nitrogens is 4. The van der Waals surface area contributed by atoms with Gasteiger partial charge in [-0.1, -0.05) is 31.5 Å². The zero-order valence-electron chi connectivity index (χ0n) is 21.0. The van der Waals surface area contributed by atoms with Crippen molar-refractivity contribution in [3.05, 3.63) is 75.4 Å². The highest BCUT2D eigenvalue weighted by Crippen LogP contribution is 2.24. The van der Waals surface area contributed by atoms with Crippen molar-refractivity contribution in [2.24, 2.45) is 0 Å². The van der Waals surface area contributed by atoms with E-state index in [4.69, 9.17) is 16.3 Å². The first-order valence-electron chi connectivity index (χ1n) is 12.1. The molecular weight excluding hydrogens is 478 g/mol. The molecule has 0 aliphatic carbocycles. The van der Waals surface area contributed by atoms with E-state index in [9.17, 15) is 9.59 Å². The first kappa shape index (κ1) is 25.4. The van der Waals surface area contributed by atoms with Gasteiger partial charge in [0.15, 0.2) is 18.0 Å². The number of pyridine rings is 1. The van der Waals surface area contributed by atoms with Crippen molar-refractivity contribution < 1.29 is 9.53 Å². The summed E-state index contributed by atoms with van der Waals surface area (Å²) < 4.78 is 9.04. The van der Waals surface area contributed by atoms with Gasteiger partial charge in [-0.25, -0.2) is 9.67 Å². The molecular formula is C27H30ClN5O3. The minimum atomic E-state index is -0.261. The lowest BCUT2D eigenvalue weighted by Gasteiger charge is -2.21. The Kier molecular flexibility index (Phi) is 7.74. The predicted octanol–water partition coefficient (Wildman–Crippen LogP) is 4.84. The summed E-state index contributed by atoms with van der Waals surface area (Å²) in [4.78, 5) is 32.7. The molecule has 1 aromatic carbocycles. The quantitative estimate of drug-likeness (QED) is 0.323. The molecule has 0 N–H and O–H groups in total. The van der Waals surface area contributed by atoms with Gasteiger partial charge in [-0.05, 0) is 63.1 Å². The topological polar surface area (TPSA) is 81.7 Å². The molecule has 0 atom stereocenters. The fraction of sp³-hybridized carbons (Fsp3) is 0.333. The smallest absolute Gasteiger partial charge is 0.267 e.